The van der Waals surface area contributed by atoms with E-state index in [2.05, 4.69) is 10.1 Å². The number of nitrogens with two attached hydrogens (primary N) is 1. The molecule has 0 heterocycles. The van der Waals surface area contributed by atoms with E-state index in [-0.39, 0.29) is 5.75 Å². The molecule has 0 saturated heterocycles. The van der Waals surface area contributed by atoms with Gasteiger partial charge in [-0.2, -0.15) is 8.78 Å². The van der Waals surface area contributed by atoms with Gasteiger partial charge in [-0.3, -0.25) is 0 Å². The van der Waals surface area contributed by atoms with E-state index in [4.69, 9.17) is 5.73 Å². The van der Waals surface area contributed by atoms with Gasteiger partial charge in [0.05, 0.1) is 0 Å². The van der Waals surface area contributed by atoms with E-state index >= 15 is 0 Å². The Morgan fingerprint density at radius 3 is 2.47 bits per heavy atom. The van der Waals surface area contributed by atoms with Crippen LogP contribution >= 0.6 is 0 Å². The molecule has 0 unspecified atom stereocenters. The normalized spacial score (nSPS) is 10.8. The molecule has 0 bridgehead atoms. The van der Waals surface area contributed by atoms with Crippen molar-refractivity contribution >= 4 is 0 Å². The molecule has 0 spiro atoms. The van der Waals surface area contributed by atoms with Gasteiger partial charge in [0, 0.05) is 6.54 Å². The third kappa shape index (κ3) is 6.19. The van der Waals surface area contributed by atoms with Gasteiger partial charge in [-0.15, -0.1) is 0 Å². The molecule has 0 fully saturated rings. The van der Waals surface area contributed by atoms with Crippen LogP contribution in [0.2, 0.25) is 0 Å². The van der Waals surface area contributed by atoms with E-state index in [1.54, 1.807) is 24.3 Å². The van der Waals surface area contributed by atoms with Crippen LogP contribution in [0.5, 0.6) is 5.75 Å². The van der Waals surface area contributed by atoms with Gasteiger partial charge in [-0.25, -0.2) is 0 Å². The van der Waals surface area contributed by atoms with Gasteiger partial charge in [-0.1, -0.05) is 12.1 Å². The highest BCUT2D eigenvalue weighted by Crippen LogP contribution is 2.14. The first-order valence-electron chi connectivity index (χ1n) is 5.67. The lowest BCUT2D eigenvalue weighted by molar-refractivity contribution is -0.0498. The van der Waals surface area contributed by atoms with Crippen LogP contribution < -0.4 is 15.8 Å². The van der Waals surface area contributed by atoms with Crippen molar-refractivity contribution in [3.63, 3.8) is 0 Å². The van der Waals surface area contributed by atoms with Crippen molar-refractivity contribution in [2.75, 3.05) is 13.1 Å². The summed E-state index contributed by atoms with van der Waals surface area (Å²) in [5.74, 6) is 0.187. The molecule has 0 aliphatic heterocycles. The summed E-state index contributed by atoms with van der Waals surface area (Å²) in [7, 11) is 0. The maximum atomic E-state index is 11.9. The largest absolute Gasteiger partial charge is 0.435 e. The summed E-state index contributed by atoms with van der Waals surface area (Å²) in [6.45, 7) is -0.428. The number of ether oxygens (including phenoxy) is 1. The Labute approximate surface area is 100.0 Å². The summed E-state index contributed by atoms with van der Waals surface area (Å²) in [6, 6.07) is 6.63. The molecule has 1 aromatic rings. The van der Waals surface area contributed by atoms with E-state index in [1.807, 2.05) is 0 Å². The van der Waals surface area contributed by atoms with Crippen LogP contribution in [0.1, 0.15) is 18.4 Å². The topological polar surface area (TPSA) is 47.3 Å². The monoisotopic (exact) mass is 244 g/mol. The van der Waals surface area contributed by atoms with Crippen LogP contribution in [0.15, 0.2) is 24.3 Å². The summed E-state index contributed by atoms with van der Waals surface area (Å²) in [5.41, 5.74) is 6.42. The van der Waals surface area contributed by atoms with Crippen molar-refractivity contribution < 1.29 is 13.5 Å². The average molecular weight is 244 g/mol. The van der Waals surface area contributed by atoms with Gasteiger partial charge in [0.2, 0.25) is 0 Å². The van der Waals surface area contributed by atoms with Gasteiger partial charge >= 0.3 is 6.61 Å². The first-order valence-corrected chi connectivity index (χ1v) is 5.67. The second kappa shape index (κ2) is 7.97. The maximum Gasteiger partial charge on any atom is 0.387 e. The average Bonchev–Trinajstić information content (AvgIpc) is 2.30. The lowest BCUT2D eigenvalue weighted by Gasteiger charge is -2.07. The van der Waals surface area contributed by atoms with Gasteiger partial charge in [0.15, 0.2) is 0 Å². The van der Waals surface area contributed by atoms with Crippen LogP contribution in [0.4, 0.5) is 8.78 Å². The summed E-state index contributed by atoms with van der Waals surface area (Å²) < 4.78 is 28.1. The molecule has 0 radical (unpaired) electrons. The predicted octanol–water partition coefficient (Wildman–Crippen LogP) is 2.12. The molecule has 96 valence electrons. The second-order valence-electron chi connectivity index (χ2n) is 3.70. The third-order valence-electron chi connectivity index (χ3n) is 2.29. The molecule has 1 rings (SSSR count). The Balaban J connectivity index is 2.25. The number of unbranched alkanes of at least 4 members (excludes halogenated alkanes) is 1. The van der Waals surface area contributed by atoms with Crippen LogP contribution in [0.25, 0.3) is 0 Å². The Morgan fingerprint density at radius 1 is 1.18 bits per heavy atom. The molecule has 1 aromatic carbocycles. The molecule has 0 aliphatic rings. The molecule has 0 atom stereocenters. The Kier molecular flexibility index (Phi) is 6.50. The van der Waals surface area contributed by atoms with Gasteiger partial charge in [0.1, 0.15) is 5.75 Å². The summed E-state index contributed by atoms with van der Waals surface area (Å²) in [6.07, 6.45) is 2.05. The standard InChI is InChI=1S/C12H18F2N2O/c13-12(14)17-11-5-3-10(4-6-11)9-16-8-2-1-7-15/h3-6,12,16H,1-2,7-9,15H2. The van der Waals surface area contributed by atoms with E-state index in [0.29, 0.717) is 6.54 Å². The molecule has 0 aromatic heterocycles. The van der Waals surface area contributed by atoms with Crippen molar-refractivity contribution in [3.05, 3.63) is 29.8 Å². The molecule has 5 heteroatoms. The van der Waals surface area contributed by atoms with Crippen molar-refractivity contribution in [2.24, 2.45) is 5.73 Å². The number of alkyl halides is 2. The van der Waals surface area contributed by atoms with Gasteiger partial charge in [-0.05, 0) is 43.6 Å². The Morgan fingerprint density at radius 2 is 1.88 bits per heavy atom. The van der Waals surface area contributed by atoms with Crippen molar-refractivity contribution in [2.45, 2.75) is 26.0 Å². The number of halogens is 2. The molecule has 0 amide bonds. The second-order valence-corrected chi connectivity index (χ2v) is 3.70. The van der Waals surface area contributed by atoms with Crippen molar-refractivity contribution in [1.29, 1.82) is 0 Å². The molecule has 0 saturated carbocycles. The van der Waals surface area contributed by atoms with Crippen molar-refractivity contribution in [3.8, 4) is 5.75 Å². The number of hydrogen-bond donors (Lipinski definition) is 2. The fraction of sp³-hybridized carbons (Fsp3) is 0.500. The molecule has 0 aliphatic carbocycles. The quantitative estimate of drug-likeness (QED) is 0.689. The maximum absolute atomic E-state index is 11.9. The summed E-state index contributed by atoms with van der Waals surface area (Å²) in [4.78, 5) is 0. The van der Waals surface area contributed by atoms with Crippen LogP contribution in [0, 0.1) is 0 Å². The zero-order valence-corrected chi connectivity index (χ0v) is 9.66. The van der Waals surface area contributed by atoms with Crippen molar-refractivity contribution in [1.82, 2.24) is 5.32 Å². The Hall–Kier alpha value is -1.20. The smallest absolute Gasteiger partial charge is 0.387 e. The third-order valence-corrected chi connectivity index (χ3v) is 2.29. The van der Waals surface area contributed by atoms with Crippen LogP contribution in [-0.2, 0) is 6.54 Å². The zero-order valence-electron chi connectivity index (χ0n) is 9.66. The van der Waals surface area contributed by atoms with Gasteiger partial charge < -0.3 is 15.8 Å². The summed E-state index contributed by atoms with van der Waals surface area (Å²) >= 11 is 0. The van der Waals surface area contributed by atoms with E-state index in [0.717, 1.165) is 31.5 Å². The van der Waals surface area contributed by atoms with E-state index in [1.165, 1.54) is 0 Å². The van der Waals surface area contributed by atoms with Crippen LogP contribution in [0.3, 0.4) is 0 Å². The minimum Gasteiger partial charge on any atom is -0.435 e. The Bertz CT molecular complexity index is 304. The minimum atomic E-state index is -2.77. The highest BCUT2D eigenvalue weighted by Gasteiger charge is 2.03. The fourth-order valence-corrected chi connectivity index (χ4v) is 1.42. The predicted molar refractivity (Wildman–Crippen MR) is 63.1 cm³/mol. The first kappa shape index (κ1) is 13.9. The molecular weight excluding hydrogens is 226 g/mol. The van der Waals surface area contributed by atoms with Crippen LogP contribution in [-0.4, -0.2) is 19.7 Å². The zero-order chi connectivity index (χ0) is 12.5. The summed E-state index contributed by atoms with van der Waals surface area (Å²) in [5, 5.41) is 3.25. The number of rotatable bonds is 8. The molecular formula is C12H18F2N2O. The number of nitrogens with one attached hydrogen (secondary N) is 1. The number of benzene rings is 1. The number of hydrogen-bond acceptors (Lipinski definition) is 3. The SMILES string of the molecule is NCCCCNCc1ccc(OC(F)F)cc1. The molecule has 3 nitrogen and oxygen atoms in total. The van der Waals surface area contributed by atoms with E-state index < -0.39 is 6.61 Å². The molecule has 17 heavy (non-hydrogen) atoms. The minimum absolute atomic E-state index is 0.187. The van der Waals surface area contributed by atoms with Gasteiger partial charge in [0.25, 0.3) is 0 Å². The lowest BCUT2D eigenvalue weighted by Crippen LogP contribution is -2.15. The highest BCUT2D eigenvalue weighted by molar-refractivity contribution is 5.27. The molecule has 3 N–H and O–H groups in total. The highest BCUT2D eigenvalue weighted by atomic mass is 19.3. The first-order chi connectivity index (χ1) is 8.22. The lowest BCUT2D eigenvalue weighted by atomic mass is 10.2. The fourth-order valence-electron chi connectivity index (χ4n) is 1.42. The van der Waals surface area contributed by atoms with E-state index in [9.17, 15) is 8.78 Å².